The summed E-state index contributed by atoms with van der Waals surface area (Å²) in [5, 5.41) is 11.3. The lowest BCUT2D eigenvalue weighted by molar-refractivity contribution is -0.385. The Balaban J connectivity index is 3.32. The maximum absolute atomic E-state index is 11.7. The maximum Gasteiger partial charge on any atom is 0.313 e. The van der Waals surface area contributed by atoms with Crippen molar-refractivity contribution in [3.8, 4) is 0 Å². The molecule has 1 aromatic carbocycles. The second kappa shape index (κ2) is 5.54. The average molecular weight is 287 g/mol. The van der Waals surface area contributed by atoms with Crippen molar-refractivity contribution in [2.45, 2.75) is 19.9 Å². The molecule has 104 valence electrons. The monoisotopic (exact) mass is 286 g/mol. The lowest BCUT2D eigenvalue weighted by atomic mass is 9.80. The molecule has 1 aromatic rings. The van der Waals surface area contributed by atoms with E-state index in [9.17, 15) is 14.9 Å². The SMILES string of the molecule is COC(=O)C(C)(C)[C@@H](N)c1cc(Cl)ccc1[N+](=O)[O-]. The molecule has 0 saturated heterocycles. The van der Waals surface area contributed by atoms with Crippen molar-refractivity contribution in [2.75, 3.05) is 7.11 Å². The minimum absolute atomic E-state index is 0.172. The quantitative estimate of drug-likeness (QED) is 0.521. The third kappa shape index (κ3) is 3.02. The van der Waals surface area contributed by atoms with Crippen LogP contribution in [0.15, 0.2) is 18.2 Å². The first-order valence-corrected chi connectivity index (χ1v) is 5.87. The van der Waals surface area contributed by atoms with E-state index < -0.39 is 22.3 Å². The predicted molar refractivity (Wildman–Crippen MR) is 70.8 cm³/mol. The third-order valence-electron chi connectivity index (χ3n) is 3.01. The lowest BCUT2D eigenvalue weighted by Crippen LogP contribution is -2.37. The Kier molecular flexibility index (Phi) is 4.49. The van der Waals surface area contributed by atoms with Crippen molar-refractivity contribution in [1.29, 1.82) is 0 Å². The van der Waals surface area contributed by atoms with Gasteiger partial charge in [0.05, 0.1) is 23.5 Å². The number of methoxy groups -OCH3 is 1. The van der Waals surface area contributed by atoms with E-state index in [1.807, 2.05) is 0 Å². The van der Waals surface area contributed by atoms with E-state index in [2.05, 4.69) is 4.74 Å². The Labute approximate surface area is 115 Å². The fourth-order valence-electron chi connectivity index (χ4n) is 1.72. The molecule has 0 saturated carbocycles. The van der Waals surface area contributed by atoms with Gasteiger partial charge < -0.3 is 10.5 Å². The van der Waals surface area contributed by atoms with E-state index in [0.29, 0.717) is 5.02 Å². The Morgan fingerprint density at radius 1 is 1.53 bits per heavy atom. The summed E-state index contributed by atoms with van der Waals surface area (Å²) < 4.78 is 4.67. The van der Waals surface area contributed by atoms with Crippen LogP contribution in [0.5, 0.6) is 0 Å². The number of nitro benzene ring substituents is 1. The number of hydrogen-bond donors (Lipinski definition) is 1. The normalized spacial score (nSPS) is 12.9. The number of nitrogens with two attached hydrogens (primary N) is 1. The molecular weight excluding hydrogens is 272 g/mol. The first-order valence-electron chi connectivity index (χ1n) is 5.49. The molecule has 19 heavy (non-hydrogen) atoms. The lowest BCUT2D eigenvalue weighted by Gasteiger charge is -2.28. The predicted octanol–water partition coefficient (Wildman–Crippen LogP) is 2.45. The molecule has 0 unspecified atom stereocenters. The van der Waals surface area contributed by atoms with Gasteiger partial charge in [0, 0.05) is 16.7 Å². The number of ether oxygens (including phenoxy) is 1. The van der Waals surface area contributed by atoms with Gasteiger partial charge in [0.2, 0.25) is 0 Å². The van der Waals surface area contributed by atoms with Gasteiger partial charge in [-0.05, 0) is 26.0 Å². The molecule has 0 bridgehead atoms. The summed E-state index contributed by atoms with van der Waals surface area (Å²) in [4.78, 5) is 22.1. The van der Waals surface area contributed by atoms with Crippen LogP contribution in [0, 0.1) is 15.5 Å². The maximum atomic E-state index is 11.7. The summed E-state index contributed by atoms with van der Waals surface area (Å²) in [6.45, 7) is 3.13. The van der Waals surface area contributed by atoms with E-state index in [4.69, 9.17) is 17.3 Å². The first-order chi connectivity index (χ1) is 8.71. The second-order valence-corrected chi connectivity index (χ2v) is 5.09. The van der Waals surface area contributed by atoms with Gasteiger partial charge in [0.15, 0.2) is 0 Å². The summed E-state index contributed by atoms with van der Waals surface area (Å²) >= 11 is 5.83. The van der Waals surface area contributed by atoms with Crippen LogP contribution in [0.25, 0.3) is 0 Å². The summed E-state index contributed by atoms with van der Waals surface area (Å²) in [7, 11) is 1.24. The Hall–Kier alpha value is -1.66. The van der Waals surface area contributed by atoms with Crippen LogP contribution in [0.2, 0.25) is 5.02 Å². The average Bonchev–Trinajstić information content (AvgIpc) is 2.36. The minimum atomic E-state index is -1.11. The summed E-state index contributed by atoms with van der Waals surface area (Å²) in [6, 6.07) is 3.17. The molecule has 6 nitrogen and oxygen atoms in total. The topological polar surface area (TPSA) is 95.5 Å². The molecule has 2 N–H and O–H groups in total. The molecular formula is C12H15ClN2O4. The molecule has 0 aliphatic carbocycles. The highest BCUT2D eigenvalue weighted by molar-refractivity contribution is 6.30. The molecule has 0 radical (unpaired) electrons. The number of benzene rings is 1. The van der Waals surface area contributed by atoms with Gasteiger partial charge in [0.1, 0.15) is 0 Å². The molecule has 0 heterocycles. The van der Waals surface area contributed by atoms with Crippen molar-refractivity contribution in [3.05, 3.63) is 38.9 Å². The van der Waals surface area contributed by atoms with Gasteiger partial charge >= 0.3 is 5.97 Å². The molecule has 0 fully saturated rings. The number of rotatable bonds is 4. The number of nitro groups is 1. The fourth-order valence-corrected chi connectivity index (χ4v) is 1.90. The Morgan fingerprint density at radius 2 is 2.11 bits per heavy atom. The number of hydrogen-bond acceptors (Lipinski definition) is 5. The van der Waals surface area contributed by atoms with Gasteiger partial charge in [-0.3, -0.25) is 14.9 Å². The molecule has 0 spiro atoms. The zero-order valence-electron chi connectivity index (χ0n) is 10.8. The number of nitrogens with zero attached hydrogens (tertiary/aromatic N) is 1. The summed E-state index contributed by atoms with van der Waals surface area (Å²) in [5.41, 5.74) is 4.92. The number of carbonyl (C=O) groups excluding carboxylic acids is 1. The summed E-state index contributed by atoms with van der Waals surface area (Å²) in [6.07, 6.45) is 0. The molecule has 1 rings (SSSR count). The van der Waals surface area contributed by atoms with Gasteiger partial charge in [-0.2, -0.15) is 0 Å². The van der Waals surface area contributed by atoms with E-state index in [-0.39, 0.29) is 11.3 Å². The van der Waals surface area contributed by atoms with Gasteiger partial charge in [-0.25, -0.2) is 0 Å². The fraction of sp³-hybridized carbons (Fsp3) is 0.417. The smallest absolute Gasteiger partial charge is 0.313 e. The van der Waals surface area contributed by atoms with Gasteiger partial charge in [-0.1, -0.05) is 11.6 Å². The highest BCUT2D eigenvalue weighted by Crippen LogP contribution is 2.37. The molecule has 0 aromatic heterocycles. The van der Waals surface area contributed by atoms with Gasteiger partial charge in [0.25, 0.3) is 5.69 Å². The van der Waals surface area contributed by atoms with Crippen molar-refractivity contribution in [3.63, 3.8) is 0 Å². The molecule has 0 amide bonds. The number of esters is 1. The van der Waals surface area contributed by atoms with Crippen LogP contribution < -0.4 is 5.73 Å². The highest BCUT2D eigenvalue weighted by atomic mass is 35.5. The zero-order valence-corrected chi connectivity index (χ0v) is 11.6. The zero-order chi connectivity index (χ0) is 14.8. The van der Waals surface area contributed by atoms with Gasteiger partial charge in [-0.15, -0.1) is 0 Å². The third-order valence-corrected chi connectivity index (χ3v) is 3.25. The summed E-state index contributed by atoms with van der Waals surface area (Å²) in [5.74, 6) is -0.547. The molecule has 0 aliphatic heterocycles. The molecule has 7 heteroatoms. The Bertz CT molecular complexity index is 516. The van der Waals surface area contributed by atoms with Crippen LogP contribution in [0.1, 0.15) is 25.5 Å². The van der Waals surface area contributed by atoms with Crippen molar-refractivity contribution in [2.24, 2.45) is 11.1 Å². The van der Waals surface area contributed by atoms with E-state index in [0.717, 1.165) is 0 Å². The van der Waals surface area contributed by atoms with Crippen LogP contribution in [0.4, 0.5) is 5.69 Å². The van der Waals surface area contributed by atoms with Crippen LogP contribution >= 0.6 is 11.6 Å². The van der Waals surface area contributed by atoms with Crippen molar-refractivity contribution >= 4 is 23.3 Å². The van der Waals surface area contributed by atoms with Crippen molar-refractivity contribution < 1.29 is 14.5 Å². The van der Waals surface area contributed by atoms with Crippen LogP contribution in [0.3, 0.4) is 0 Å². The van der Waals surface area contributed by atoms with Crippen LogP contribution in [-0.2, 0) is 9.53 Å². The number of halogens is 1. The highest BCUT2D eigenvalue weighted by Gasteiger charge is 2.39. The first kappa shape index (κ1) is 15.4. The minimum Gasteiger partial charge on any atom is -0.469 e. The van der Waals surface area contributed by atoms with E-state index in [1.165, 1.54) is 25.3 Å². The van der Waals surface area contributed by atoms with E-state index >= 15 is 0 Å². The largest absolute Gasteiger partial charge is 0.469 e. The van der Waals surface area contributed by atoms with Crippen molar-refractivity contribution in [1.82, 2.24) is 0 Å². The second-order valence-electron chi connectivity index (χ2n) is 4.65. The Morgan fingerprint density at radius 3 is 2.58 bits per heavy atom. The van der Waals surface area contributed by atoms with E-state index in [1.54, 1.807) is 13.8 Å². The number of carbonyl (C=O) groups is 1. The molecule has 1 atom stereocenters. The van der Waals surface area contributed by atoms with Crippen LogP contribution in [-0.4, -0.2) is 18.0 Å². The molecule has 0 aliphatic rings. The standard InChI is InChI=1S/C12H15ClN2O4/c1-12(2,11(16)19-3)10(14)8-6-7(13)4-5-9(8)15(17)18/h4-6,10H,14H2,1-3H3/t10-/m0/s1.